The number of carbonyl (C=O) groups excluding carboxylic acids is 1. The Morgan fingerprint density at radius 1 is 1.11 bits per heavy atom. The molecule has 1 amide bonds. The summed E-state index contributed by atoms with van der Waals surface area (Å²) >= 11 is 17.7. The fourth-order valence-electron chi connectivity index (χ4n) is 4.06. The molecule has 1 aliphatic rings. The Morgan fingerprint density at radius 3 is 2.42 bits per heavy atom. The molecule has 5 rings (SSSR count). The van der Waals surface area contributed by atoms with Crippen molar-refractivity contribution in [2.45, 2.75) is 51.5 Å². The summed E-state index contributed by atoms with van der Waals surface area (Å²) in [4.78, 5) is 16.3. The van der Waals surface area contributed by atoms with Crippen molar-refractivity contribution in [3.63, 3.8) is 0 Å². The van der Waals surface area contributed by atoms with Gasteiger partial charge in [0.05, 0.1) is 16.3 Å². The van der Waals surface area contributed by atoms with Crippen LogP contribution in [0.4, 0.5) is 5.69 Å². The fraction of sp³-hybridized carbons (Fsp3) is 0.308. The number of H-pyrrole nitrogens is 1. The van der Waals surface area contributed by atoms with Gasteiger partial charge in [0.15, 0.2) is 5.01 Å². The van der Waals surface area contributed by atoms with E-state index in [0.717, 1.165) is 34.3 Å². The van der Waals surface area contributed by atoms with E-state index in [1.165, 1.54) is 11.3 Å². The predicted octanol–water partition coefficient (Wildman–Crippen LogP) is 8.16. The average molecular weight is 605 g/mol. The minimum absolute atomic E-state index is 0.0382. The lowest BCUT2D eigenvalue weighted by Crippen LogP contribution is -2.45. The molecule has 36 heavy (non-hydrogen) atoms. The van der Waals surface area contributed by atoms with Gasteiger partial charge in [0.25, 0.3) is 5.91 Å². The number of nitrogens with zero attached hydrogens (tertiary/aromatic N) is 4. The van der Waals surface area contributed by atoms with E-state index in [1.807, 2.05) is 30.3 Å². The van der Waals surface area contributed by atoms with Crippen LogP contribution in [0.2, 0.25) is 10.0 Å². The molecule has 0 spiro atoms. The molecule has 0 bridgehead atoms. The summed E-state index contributed by atoms with van der Waals surface area (Å²) in [6, 6.07) is 13.0. The fourth-order valence-corrected chi connectivity index (χ4v) is 5.73. The summed E-state index contributed by atoms with van der Waals surface area (Å²) in [5.74, 6) is -0.182. The van der Waals surface area contributed by atoms with Crippen LogP contribution in [0.5, 0.6) is 0 Å². The van der Waals surface area contributed by atoms with Gasteiger partial charge in [-0.15, -0.1) is 10.2 Å². The van der Waals surface area contributed by atoms with Crippen LogP contribution in [0, 0.1) is 0 Å². The molecule has 0 saturated heterocycles. The smallest absolute Gasteiger partial charge is 0.263 e. The maximum atomic E-state index is 14.5. The number of aromatic nitrogens is 4. The molecule has 1 saturated carbocycles. The van der Waals surface area contributed by atoms with Gasteiger partial charge in [-0.3, -0.25) is 9.89 Å². The molecule has 1 aliphatic carbocycles. The molecule has 0 aliphatic heterocycles. The lowest BCUT2D eigenvalue weighted by Gasteiger charge is -2.38. The number of hydrogen-bond donors (Lipinski definition) is 1. The Balaban J connectivity index is 1.68. The number of amides is 1. The molecule has 6 nitrogen and oxygen atoms in total. The predicted molar refractivity (Wildman–Crippen MR) is 150 cm³/mol. The van der Waals surface area contributed by atoms with Crippen molar-refractivity contribution in [3.8, 4) is 22.0 Å². The number of carbonyl (C=O) groups is 1. The van der Waals surface area contributed by atoms with Crippen molar-refractivity contribution in [2.75, 3.05) is 4.90 Å². The molecule has 0 radical (unpaired) electrons. The van der Waals surface area contributed by atoms with Crippen LogP contribution in [-0.4, -0.2) is 32.3 Å². The zero-order valence-corrected chi connectivity index (χ0v) is 23.9. The second kappa shape index (κ2) is 9.89. The summed E-state index contributed by atoms with van der Waals surface area (Å²) in [6.45, 7) is 6.26. The second-order valence-electron chi connectivity index (χ2n) is 9.85. The van der Waals surface area contributed by atoms with E-state index in [9.17, 15) is 4.79 Å². The summed E-state index contributed by atoms with van der Waals surface area (Å²) in [6.07, 6.45) is 2.86. The van der Waals surface area contributed by atoms with Gasteiger partial charge in [0.2, 0.25) is 0 Å². The second-order valence-corrected chi connectivity index (χ2v) is 12.6. The highest BCUT2D eigenvalue weighted by molar-refractivity contribution is 9.10. The molecule has 2 aromatic heterocycles. The van der Waals surface area contributed by atoms with Crippen LogP contribution < -0.4 is 4.90 Å². The van der Waals surface area contributed by atoms with Crippen molar-refractivity contribution in [3.05, 3.63) is 67.6 Å². The van der Waals surface area contributed by atoms with E-state index >= 15 is 0 Å². The van der Waals surface area contributed by atoms with Gasteiger partial charge in [0, 0.05) is 26.5 Å². The average Bonchev–Trinajstić information content (AvgIpc) is 3.44. The summed E-state index contributed by atoms with van der Waals surface area (Å²) < 4.78 is 0.942. The normalized spacial score (nSPS) is 14.1. The number of nitrogens with one attached hydrogen (secondary N) is 1. The maximum absolute atomic E-state index is 14.5. The van der Waals surface area contributed by atoms with Crippen molar-refractivity contribution in [2.24, 2.45) is 0 Å². The highest BCUT2D eigenvalue weighted by Gasteiger charge is 2.36. The standard InChI is InChI=1S/C26H24BrCl2N5OS/c1-26(2,3)25-33-32-23(36-25)22-20(21(30-31-22)14-7-9-15(27)10-8-14)24(35)34(17-5-4-6-17)19-12-11-16(28)13-18(19)29/h7-13,17H,4-6H2,1-3H3,(H,30,31). The maximum Gasteiger partial charge on any atom is 0.263 e. The SMILES string of the molecule is CC(C)(C)c1nnc(-c2[nH]nc(-c3ccc(Br)cc3)c2C(=O)N(c2ccc(Cl)cc2Cl)C2CCC2)s1. The van der Waals surface area contributed by atoms with E-state index < -0.39 is 0 Å². The Kier molecular flexibility index (Phi) is 6.98. The van der Waals surface area contributed by atoms with Crippen LogP contribution in [0.3, 0.4) is 0 Å². The summed E-state index contributed by atoms with van der Waals surface area (Å²) in [7, 11) is 0. The molecule has 2 aromatic carbocycles. The zero-order chi connectivity index (χ0) is 25.6. The van der Waals surface area contributed by atoms with Crippen molar-refractivity contribution in [1.29, 1.82) is 0 Å². The van der Waals surface area contributed by atoms with Gasteiger partial charge >= 0.3 is 0 Å². The Labute approximate surface area is 232 Å². The molecule has 10 heteroatoms. The number of rotatable bonds is 5. The van der Waals surface area contributed by atoms with Crippen LogP contribution >= 0.6 is 50.5 Å². The number of halogens is 3. The molecule has 0 atom stereocenters. The van der Waals surface area contributed by atoms with E-state index in [4.69, 9.17) is 23.2 Å². The van der Waals surface area contributed by atoms with E-state index in [0.29, 0.717) is 37.7 Å². The third-order valence-electron chi connectivity index (χ3n) is 6.21. The lowest BCUT2D eigenvalue weighted by atomic mass is 9.90. The molecule has 4 aromatic rings. The van der Waals surface area contributed by atoms with Gasteiger partial charge in [-0.05, 0) is 49.6 Å². The van der Waals surface area contributed by atoms with E-state index in [2.05, 4.69) is 57.1 Å². The molecule has 0 unspecified atom stereocenters. The Bertz CT molecular complexity index is 1420. The zero-order valence-electron chi connectivity index (χ0n) is 20.0. The van der Waals surface area contributed by atoms with Gasteiger partial charge in [-0.25, -0.2) is 0 Å². The van der Waals surface area contributed by atoms with E-state index in [1.54, 1.807) is 17.0 Å². The van der Waals surface area contributed by atoms with Crippen LogP contribution in [0.1, 0.15) is 55.4 Å². The van der Waals surface area contributed by atoms with Gasteiger partial charge < -0.3 is 4.90 Å². The van der Waals surface area contributed by atoms with Gasteiger partial charge in [-0.1, -0.05) is 83.4 Å². The van der Waals surface area contributed by atoms with Gasteiger partial charge in [-0.2, -0.15) is 5.10 Å². The molecule has 2 heterocycles. The Morgan fingerprint density at radius 2 is 1.83 bits per heavy atom. The largest absolute Gasteiger partial charge is 0.304 e. The van der Waals surface area contributed by atoms with Crippen molar-refractivity contribution in [1.82, 2.24) is 20.4 Å². The summed E-state index contributed by atoms with van der Waals surface area (Å²) in [5, 5.41) is 19.0. The third-order valence-corrected chi connectivity index (χ3v) is 8.64. The summed E-state index contributed by atoms with van der Waals surface area (Å²) in [5.41, 5.74) is 2.86. The molecular formula is C26H24BrCl2N5OS. The number of hydrogen-bond acceptors (Lipinski definition) is 5. The van der Waals surface area contributed by atoms with Crippen molar-refractivity contribution >= 4 is 62.1 Å². The molecule has 1 fully saturated rings. The van der Waals surface area contributed by atoms with E-state index in [-0.39, 0.29) is 17.4 Å². The minimum atomic E-state index is -0.182. The highest BCUT2D eigenvalue weighted by atomic mass is 79.9. The molecule has 1 N–H and O–H groups in total. The quantitative estimate of drug-likeness (QED) is 0.249. The Hall–Kier alpha value is -2.26. The first-order chi connectivity index (χ1) is 17.1. The molecule has 186 valence electrons. The third kappa shape index (κ3) is 4.84. The van der Waals surface area contributed by atoms with Gasteiger partial charge in [0.1, 0.15) is 16.4 Å². The van der Waals surface area contributed by atoms with Crippen LogP contribution in [0.15, 0.2) is 46.9 Å². The first-order valence-electron chi connectivity index (χ1n) is 11.6. The van der Waals surface area contributed by atoms with Crippen LogP contribution in [0.25, 0.3) is 22.0 Å². The lowest BCUT2D eigenvalue weighted by molar-refractivity contribution is 0.0965. The monoisotopic (exact) mass is 603 g/mol. The van der Waals surface area contributed by atoms with Crippen molar-refractivity contribution < 1.29 is 4.79 Å². The highest BCUT2D eigenvalue weighted by Crippen LogP contribution is 2.40. The molecular weight excluding hydrogens is 581 g/mol. The topological polar surface area (TPSA) is 74.8 Å². The number of anilines is 1. The minimum Gasteiger partial charge on any atom is -0.304 e. The first-order valence-corrected chi connectivity index (χ1v) is 14.0. The number of benzene rings is 2. The first kappa shape index (κ1) is 25.4. The number of aromatic amines is 1. The van der Waals surface area contributed by atoms with Crippen LogP contribution in [-0.2, 0) is 5.41 Å².